The Bertz CT molecular complexity index is 503. The molecule has 1 atom stereocenters. The molecule has 0 bridgehead atoms. The number of aliphatic hydroxyl groups excluding tert-OH is 2. The molecule has 2 aromatic carbocycles. The van der Waals surface area contributed by atoms with Crippen molar-refractivity contribution in [1.82, 2.24) is 0 Å². The van der Waals surface area contributed by atoms with Gasteiger partial charge < -0.3 is 14.9 Å². The minimum atomic E-state index is -0.419. The second-order valence-corrected chi connectivity index (χ2v) is 4.40. The highest BCUT2D eigenvalue weighted by Gasteiger charge is 2.04. The molecular formula is C16H18O3. The minimum absolute atomic E-state index is 0.0316. The maximum Gasteiger partial charge on any atom is 0.127 e. The predicted octanol–water partition coefficient (Wildman–Crippen LogP) is 3.41. The lowest BCUT2D eigenvalue weighted by Crippen LogP contribution is -1.94. The van der Waals surface area contributed by atoms with E-state index in [-0.39, 0.29) is 6.61 Å². The van der Waals surface area contributed by atoms with Crippen LogP contribution in [0.15, 0.2) is 48.5 Å². The van der Waals surface area contributed by atoms with Crippen LogP contribution < -0.4 is 4.74 Å². The molecule has 0 spiro atoms. The molecular weight excluding hydrogens is 240 g/mol. The molecule has 100 valence electrons. The van der Waals surface area contributed by atoms with Crippen molar-refractivity contribution < 1.29 is 14.9 Å². The first-order chi connectivity index (χ1) is 9.22. The van der Waals surface area contributed by atoms with Gasteiger partial charge in [0.1, 0.15) is 11.5 Å². The van der Waals surface area contributed by atoms with E-state index < -0.39 is 6.10 Å². The highest BCUT2D eigenvalue weighted by Crippen LogP contribution is 2.24. The van der Waals surface area contributed by atoms with E-state index in [0.29, 0.717) is 6.42 Å². The van der Waals surface area contributed by atoms with E-state index in [9.17, 15) is 5.11 Å². The zero-order valence-corrected chi connectivity index (χ0v) is 10.9. The van der Waals surface area contributed by atoms with Crippen molar-refractivity contribution >= 4 is 0 Å². The van der Waals surface area contributed by atoms with Crippen LogP contribution >= 0.6 is 0 Å². The first-order valence-corrected chi connectivity index (χ1v) is 6.38. The van der Waals surface area contributed by atoms with Gasteiger partial charge in [0, 0.05) is 0 Å². The van der Waals surface area contributed by atoms with Crippen LogP contribution in [0.5, 0.6) is 11.5 Å². The van der Waals surface area contributed by atoms with Crippen LogP contribution in [0.3, 0.4) is 0 Å². The first-order valence-electron chi connectivity index (χ1n) is 6.38. The number of rotatable bonds is 5. The molecule has 0 heterocycles. The third kappa shape index (κ3) is 3.56. The molecule has 0 radical (unpaired) electrons. The Balaban J connectivity index is 2.06. The van der Waals surface area contributed by atoms with E-state index in [0.717, 1.165) is 22.6 Å². The Labute approximate surface area is 113 Å². The average Bonchev–Trinajstić information content (AvgIpc) is 2.48. The zero-order chi connectivity index (χ0) is 13.7. The van der Waals surface area contributed by atoms with Crippen LogP contribution in [0.1, 0.15) is 30.6 Å². The summed E-state index contributed by atoms with van der Waals surface area (Å²) in [5, 5.41) is 18.7. The van der Waals surface area contributed by atoms with Crippen molar-refractivity contribution in [2.24, 2.45) is 0 Å². The molecule has 0 aromatic heterocycles. The monoisotopic (exact) mass is 258 g/mol. The lowest BCUT2D eigenvalue weighted by Gasteiger charge is -2.10. The number of ether oxygens (including phenoxy) is 1. The van der Waals surface area contributed by atoms with Crippen LogP contribution in [0.4, 0.5) is 0 Å². The van der Waals surface area contributed by atoms with Crippen LogP contribution in [0.25, 0.3) is 0 Å². The van der Waals surface area contributed by atoms with Crippen molar-refractivity contribution in [1.29, 1.82) is 0 Å². The lowest BCUT2D eigenvalue weighted by atomic mass is 10.1. The molecule has 2 N–H and O–H groups in total. The average molecular weight is 258 g/mol. The van der Waals surface area contributed by atoms with Gasteiger partial charge in [0.2, 0.25) is 0 Å². The smallest absolute Gasteiger partial charge is 0.127 e. The van der Waals surface area contributed by atoms with E-state index in [1.165, 1.54) is 0 Å². The van der Waals surface area contributed by atoms with Gasteiger partial charge in [-0.3, -0.25) is 0 Å². The summed E-state index contributed by atoms with van der Waals surface area (Å²) < 4.78 is 5.68. The maximum atomic E-state index is 9.70. The van der Waals surface area contributed by atoms with Crippen LogP contribution in [-0.2, 0) is 6.61 Å². The number of hydrogen-bond donors (Lipinski definition) is 2. The molecule has 2 rings (SSSR count). The van der Waals surface area contributed by atoms with E-state index in [1.807, 2.05) is 55.5 Å². The SMILES string of the molecule is CCC(O)c1ccc(Oc2ccc(CO)cc2)cc1. The summed E-state index contributed by atoms with van der Waals surface area (Å²) in [5.74, 6) is 1.45. The van der Waals surface area contributed by atoms with E-state index in [1.54, 1.807) is 0 Å². The molecule has 0 aliphatic carbocycles. The third-order valence-electron chi connectivity index (χ3n) is 2.99. The quantitative estimate of drug-likeness (QED) is 0.864. The van der Waals surface area contributed by atoms with Gasteiger partial charge in [0.05, 0.1) is 12.7 Å². The Hall–Kier alpha value is -1.84. The fourth-order valence-corrected chi connectivity index (χ4v) is 1.79. The summed E-state index contributed by atoms with van der Waals surface area (Å²) in [6, 6.07) is 14.7. The summed E-state index contributed by atoms with van der Waals surface area (Å²) in [4.78, 5) is 0. The van der Waals surface area contributed by atoms with Crippen molar-refractivity contribution in [3.8, 4) is 11.5 Å². The number of benzene rings is 2. The second kappa shape index (κ2) is 6.36. The van der Waals surface area contributed by atoms with Crippen molar-refractivity contribution in [2.75, 3.05) is 0 Å². The molecule has 0 saturated carbocycles. The predicted molar refractivity (Wildman–Crippen MR) is 74.1 cm³/mol. The standard InChI is InChI=1S/C16H18O3/c1-2-16(18)13-5-9-15(10-6-13)19-14-7-3-12(11-17)4-8-14/h3-10,16-18H,2,11H2,1H3. The van der Waals surface area contributed by atoms with Crippen LogP contribution in [0.2, 0.25) is 0 Å². The molecule has 0 aliphatic rings. The van der Waals surface area contributed by atoms with E-state index in [4.69, 9.17) is 9.84 Å². The highest BCUT2D eigenvalue weighted by molar-refractivity contribution is 5.34. The van der Waals surface area contributed by atoms with E-state index in [2.05, 4.69) is 0 Å². The molecule has 1 unspecified atom stereocenters. The summed E-state index contributed by atoms with van der Waals surface area (Å²) in [7, 11) is 0. The first kappa shape index (κ1) is 13.6. The molecule has 0 fully saturated rings. The molecule has 3 heteroatoms. The lowest BCUT2D eigenvalue weighted by molar-refractivity contribution is 0.173. The molecule has 0 saturated heterocycles. The fourth-order valence-electron chi connectivity index (χ4n) is 1.79. The van der Waals surface area contributed by atoms with Gasteiger partial charge in [-0.15, -0.1) is 0 Å². The summed E-state index contributed by atoms with van der Waals surface area (Å²) >= 11 is 0. The van der Waals surface area contributed by atoms with Crippen molar-refractivity contribution in [2.45, 2.75) is 26.1 Å². The minimum Gasteiger partial charge on any atom is -0.457 e. The van der Waals surface area contributed by atoms with Crippen molar-refractivity contribution in [3.05, 3.63) is 59.7 Å². The number of hydrogen-bond acceptors (Lipinski definition) is 3. The molecule has 0 aliphatic heterocycles. The van der Waals surface area contributed by atoms with Crippen LogP contribution in [0, 0.1) is 0 Å². The maximum absolute atomic E-state index is 9.70. The highest BCUT2D eigenvalue weighted by atomic mass is 16.5. The molecule has 19 heavy (non-hydrogen) atoms. The Kier molecular flexibility index (Phi) is 4.55. The van der Waals surface area contributed by atoms with Gasteiger partial charge in [0.25, 0.3) is 0 Å². The number of aliphatic hydroxyl groups is 2. The van der Waals surface area contributed by atoms with Gasteiger partial charge in [-0.05, 0) is 41.8 Å². The van der Waals surface area contributed by atoms with Gasteiger partial charge in [-0.1, -0.05) is 31.2 Å². The largest absolute Gasteiger partial charge is 0.457 e. The normalized spacial score (nSPS) is 12.2. The second-order valence-electron chi connectivity index (χ2n) is 4.40. The molecule has 2 aromatic rings. The summed E-state index contributed by atoms with van der Waals surface area (Å²) in [5.41, 5.74) is 1.75. The van der Waals surface area contributed by atoms with E-state index >= 15 is 0 Å². The van der Waals surface area contributed by atoms with Crippen LogP contribution in [-0.4, -0.2) is 10.2 Å². The fraction of sp³-hybridized carbons (Fsp3) is 0.250. The Morgan fingerprint density at radius 3 is 1.95 bits per heavy atom. The van der Waals surface area contributed by atoms with Gasteiger partial charge in [0.15, 0.2) is 0 Å². The topological polar surface area (TPSA) is 49.7 Å². The van der Waals surface area contributed by atoms with Crippen molar-refractivity contribution in [3.63, 3.8) is 0 Å². The van der Waals surface area contributed by atoms with Gasteiger partial charge in [-0.2, -0.15) is 0 Å². The Morgan fingerprint density at radius 2 is 1.47 bits per heavy atom. The third-order valence-corrected chi connectivity index (χ3v) is 2.99. The van der Waals surface area contributed by atoms with Gasteiger partial charge in [-0.25, -0.2) is 0 Å². The summed E-state index contributed by atoms with van der Waals surface area (Å²) in [6.45, 7) is 1.97. The zero-order valence-electron chi connectivity index (χ0n) is 10.9. The molecule has 0 amide bonds. The summed E-state index contributed by atoms with van der Waals surface area (Å²) in [6.07, 6.45) is 0.279. The molecule has 3 nitrogen and oxygen atoms in total. The Morgan fingerprint density at radius 1 is 0.947 bits per heavy atom. The van der Waals surface area contributed by atoms with Gasteiger partial charge >= 0.3 is 0 Å².